The second-order valence-electron chi connectivity index (χ2n) is 6.73. The van der Waals surface area contributed by atoms with Crippen LogP contribution >= 0.6 is 0 Å². The fraction of sp³-hybridized carbons (Fsp3) is 0.136. The minimum Gasteiger partial charge on any atom is -0.348 e. The van der Waals surface area contributed by atoms with Crippen molar-refractivity contribution in [2.75, 3.05) is 0 Å². The minimum absolute atomic E-state index is 0.0714. The third-order valence-electron chi connectivity index (χ3n) is 4.83. The Hall–Kier alpha value is -3.61. The number of amides is 1. The first kappa shape index (κ1) is 18.7. The van der Waals surface area contributed by atoms with E-state index in [1.807, 2.05) is 6.92 Å². The molecule has 4 rings (SSSR count). The molecular weight excluding hydrogens is 374 g/mol. The van der Waals surface area contributed by atoms with Gasteiger partial charge in [0.05, 0.1) is 17.0 Å². The summed E-state index contributed by atoms with van der Waals surface area (Å²) in [5, 5.41) is 7.23. The van der Waals surface area contributed by atoms with Crippen LogP contribution in [0.2, 0.25) is 0 Å². The van der Waals surface area contributed by atoms with Gasteiger partial charge in [-0.1, -0.05) is 30.3 Å². The standard InChI is InChI=1S/C22H18F2N4O/c1-13-20(15-7-9-17(23)10-8-15)21-25-12-18(14(2)28(21)27-13)22(29)26-11-16-5-3-4-6-19(16)24/h3-10,12H,11H2,1-2H3,(H,26,29). The van der Waals surface area contributed by atoms with E-state index in [2.05, 4.69) is 15.4 Å². The normalized spacial score (nSPS) is 11.0. The zero-order valence-corrected chi connectivity index (χ0v) is 15.9. The topological polar surface area (TPSA) is 59.3 Å². The number of fused-ring (bicyclic) bond motifs is 1. The van der Waals surface area contributed by atoms with Gasteiger partial charge in [-0.05, 0) is 37.6 Å². The molecule has 1 amide bonds. The molecule has 0 aliphatic rings. The predicted octanol–water partition coefficient (Wildman–Crippen LogP) is 4.22. The number of hydrogen-bond donors (Lipinski definition) is 1. The van der Waals surface area contributed by atoms with Gasteiger partial charge in [0, 0.05) is 23.9 Å². The second-order valence-corrected chi connectivity index (χ2v) is 6.73. The molecule has 4 aromatic rings. The molecule has 2 aromatic heterocycles. The average molecular weight is 392 g/mol. The molecule has 0 spiro atoms. The van der Waals surface area contributed by atoms with Crippen LogP contribution in [0.25, 0.3) is 16.8 Å². The maximum Gasteiger partial charge on any atom is 0.254 e. The Morgan fingerprint density at radius 2 is 1.79 bits per heavy atom. The Labute approximate surface area is 166 Å². The lowest BCUT2D eigenvalue weighted by atomic mass is 10.1. The minimum atomic E-state index is -0.371. The van der Waals surface area contributed by atoms with Crippen molar-refractivity contribution in [3.8, 4) is 11.1 Å². The van der Waals surface area contributed by atoms with E-state index < -0.39 is 0 Å². The number of benzene rings is 2. The summed E-state index contributed by atoms with van der Waals surface area (Å²) in [7, 11) is 0. The Morgan fingerprint density at radius 3 is 2.52 bits per heavy atom. The zero-order valence-electron chi connectivity index (χ0n) is 15.9. The highest BCUT2D eigenvalue weighted by Crippen LogP contribution is 2.28. The lowest BCUT2D eigenvalue weighted by molar-refractivity contribution is 0.0949. The molecule has 29 heavy (non-hydrogen) atoms. The molecule has 0 aliphatic heterocycles. The molecule has 0 saturated heterocycles. The van der Waals surface area contributed by atoms with Gasteiger partial charge in [0.1, 0.15) is 11.6 Å². The van der Waals surface area contributed by atoms with Crippen LogP contribution in [0.1, 0.15) is 27.3 Å². The van der Waals surface area contributed by atoms with Crippen LogP contribution in [0.5, 0.6) is 0 Å². The number of hydrogen-bond acceptors (Lipinski definition) is 3. The van der Waals surface area contributed by atoms with Crippen molar-refractivity contribution in [2.45, 2.75) is 20.4 Å². The van der Waals surface area contributed by atoms with Crippen LogP contribution < -0.4 is 5.32 Å². The van der Waals surface area contributed by atoms with E-state index in [1.54, 1.807) is 41.8 Å². The van der Waals surface area contributed by atoms with Gasteiger partial charge >= 0.3 is 0 Å². The summed E-state index contributed by atoms with van der Waals surface area (Å²) in [6, 6.07) is 12.4. The molecule has 0 fully saturated rings. The number of aryl methyl sites for hydroxylation is 2. The largest absolute Gasteiger partial charge is 0.348 e. The number of halogens is 2. The second kappa shape index (κ2) is 7.43. The van der Waals surface area contributed by atoms with E-state index in [4.69, 9.17) is 0 Å². The van der Waals surface area contributed by atoms with Crippen LogP contribution in [0.15, 0.2) is 54.7 Å². The van der Waals surface area contributed by atoms with Gasteiger partial charge in [-0.15, -0.1) is 0 Å². The number of carbonyl (C=O) groups is 1. The van der Waals surface area contributed by atoms with Gasteiger partial charge in [0.15, 0.2) is 5.65 Å². The molecule has 5 nitrogen and oxygen atoms in total. The molecule has 0 atom stereocenters. The van der Waals surface area contributed by atoms with E-state index in [1.165, 1.54) is 24.4 Å². The third-order valence-corrected chi connectivity index (χ3v) is 4.83. The Balaban J connectivity index is 1.67. The molecular formula is C22H18F2N4O. The quantitative estimate of drug-likeness (QED) is 0.566. The van der Waals surface area contributed by atoms with Gasteiger partial charge in [-0.2, -0.15) is 5.10 Å². The lowest BCUT2D eigenvalue weighted by Gasteiger charge is -2.09. The molecule has 146 valence electrons. The third kappa shape index (κ3) is 3.47. The van der Waals surface area contributed by atoms with Crippen molar-refractivity contribution < 1.29 is 13.6 Å². The number of aromatic nitrogens is 3. The van der Waals surface area contributed by atoms with Crippen molar-refractivity contribution in [2.24, 2.45) is 0 Å². The SMILES string of the molecule is Cc1nn2c(C)c(C(=O)NCc3ccccc3F)cnc2c1-c1ccc(F)cc1. The first-order valence-corrected chi connectivity index (χ1v) is 9.08. The zero-order chi connectivity index (χ0) is 20.5. The van der Waals surface area contributed by atoms with Gasteiger partial charge < -0.3 is 5.32 Å². The van der Waals surface area contributed by atoms with Crippen LogP contribution in [0.4, 0.5) is 8.78 Å². The van der Waals surface area contributed by atoms with Gasteiger partial charge in [0.25, 0.3) is 5.91 Å². The molecule has 0 unspecified atom stereocenters. The summed E-state index contributed by atoms with van der Waals surface area (Å²) >= 11 is 0. The van der Waals surface area contributed by atoms with Crippen molar-refractivity contribution >= 4 is 11.6 Å². The fourth-order valence-electron chi connectivity index (χ4n) is 3.29. The van der Waals surface area contributed by atoms with Crippen molar-refractivity contribution in [3.05, 3.63) is 88.9 Å². The molecule has 7 heteroatoms. The van der Waals surface area contributed by atoms with Crippen LogP contribution in [0, 0.1) is 25.5 Å². The maximum absolute atomic E-state index is 13.8. The maximum atomic E-state index is 13.8. The smallest absolute Gasteiger partial charge is 0.254 e. The highest BCUT2D eigenvalue weighted by molar-refractivity contribution is 5.95. The van der Waals surface area contributed by atoms with Crippen molar-refractivity contribution in [1.82, 2.24) is 19.9 Å². The van der Waals surface area contributed by atoms with Crippen LogP contribution in [0.3, 0.4) is 0 Å². The predicted molar refractivity (Wildman–Crippen MR) is 105 cm³/mol. The fourth-order valence-corrected chi connectivity index (χ4v) is 3.29. The Kier molecular flexibility index (Phi) is 4.80. The Bertz CT molecular complexity index is 1220. The van der Waals surface area contributed by atoms with Crippen molar-refractivity contribution in [1.29, 1.82) is 0 Å². The number of nitrogens with zero attached hydrogens (tertiary/aromatic N) is 3. The summed E-state index contributed by atoms with van der Waals surface area (Å²) < 4.78 is 28.6. The molecule has 0 aliphatic carbocycles. The first-order chi connectivity index (χ1) is 14.0. The molecule has 2 heterocycles. The summed E-state index contributed by atoms with van der Waals surface area (Å²) in [5.74, 6) is -1.05. The molecule has 0 bridgehead atoms. The van der Waals surface area contributed by atoms with Gasteiger partial charge in [0.2, 0.25) is 0 Å². The van der Waals surface area contributed by atoms with E-state index >= 15 is 0 Å². The summed E-state index contributed by atoms with van der Waals surface area (Å²) in [5.41, 5.74) is 4.24. The molecule has 1 N–H and O–H groups in total. The summed E-state index contributed by atoms with van der Waals surface area (Å²) in [6.07, 6.45) is 1.48. The summed E-state index contributed by atoms with van der Waals surface area (Å²) in [4.78, 5) is 17.1. The molecule has 0 saturated carbocycles. The van der Waals surface area contributed by atoms with Crippen molar-refractivity contribution in [3.63, 3.8) is 0 Å². The van der Waals surface area contributed by atoms with E-state index in [0.29, 0.717) is 22.5 Å². The first-order valence-electron chi connectivity index (χ1n) is 9.08. The number of rotatable bonds is 4. The molecule has 0 radical (unpaired) electrons. The van der Waals surface area contributed by atoms with E-state index in [-0.39, 0.29) is 24.1 Å². The number of nitrogens with one attached hydrogen (secondary N) is 1. The summed E-state index contributed by atoms with van der Waals surface area (Å²) in [6.45, 7) is 3.68. The van der Waals surface area contributed by atoms with Crippen LogP contribution in [-0.2, 0) is 6.54 Å². The van der Waals surface area contributed by atoms with E-state index in [9.17, 15) is 13.6 Å². The van der Waals surface area contributed by atoms with Crippen LogP contribution in [-0.4, -0.2) is 20.5 Å². The van der Waals surface area contributed by atoms with Gasteiger partial charge in [-0.25, -0.2) is 18.3 Å². The van der Waals surface area contributed by atoms with Gasteiger partial charge in [-0.3, -0.25) is 4.79 Å². The average Bonchev–Trinajstić information content (AvgIpc) is 3.05. The Morgan fingerprint density at radius 1 is 1.07 bits per heavy atom. The number of carbonyl (C=O) groups excluding carboxylic acids is 1. The highest BCUT2D eigenvalue weighted by atomic mass is 19.1. The highest BCUT2D eigenvalue weighted by Gasteiger charge is 2.19. The van der Waals surface area contributed by atoms with E-state index in [0.717, 1.165) is 16.8 Å². The molecule has 2 aromatic carbocycles. The lowest BCUT2D eigenvalue weighted by Crippen LogP contribution is -2.25. The monoisotopic (exact) mass is 392 g/mol.